The van der Waals surface area contributed by atoms with Gasteiger partial charge in [-0.2, -0.15) is 10.2 Å². The van der Waals surface area contributed by atoms with Crippen molar-refractivity contribution < 1.29 is 9.53 Å². The van der Waals surface area contributed by atoms with E-state index in [0.717, 1.165) is 16.9 Å². The fourth-order valence-electron chi connectivity index (χ4n) is 2.40. The summed E-state index contributed by atoms with van der Waals surface area (Å²) in [6.07, 6.45) is 0. The van der Waals surface area contributed by atoms with Gasteiger partial charge < -0.3 is 4.74 Å². The SMILES string of the molecule is COc1ccc(C(C)=NNC(=O)c2cc(-c3ccc(C)cc3)n[nH]2)cc1. The van der Waals surface area contributed by atoms with E-state index in [1.54, 1.807) is 13.2 Å². The average molecular weight is 348 g/mol. The first kappa shape index (κ1) is 17.4. The minimum absolute atomic E-state index is 0.344. The molecule has 132 valence electrons. The van der Waals surface area contributed by atoms with Crippen molar-refractivity contribution in [1.82, 2.24) is 15.6 Å². The Morgan fingerprint density at radius 1 is 1.12 bits per heavy atom. The van der Waals surface area contributed by atoms with Crippen molar-refractivity contribution in [2.24, 2.45) is 5.10 Å². The van der Waals surface area contributed by atoms with Crippen LogP contribution in [0.4, 0.5) is 0 Å². The monoisotopic (exact) mass is 348 g/mol. The number of aryl methyl sites for hydroxylation is 1. The first-order valence-electron chi connectivity index (χ1n) is 8.18. The highest BCUT2D eigenvalue weighted by molar-refractivity contribution is 6.00. The van der Waals surface area contributed by atoms with E-state index in [0.29, 0.717) is 17.1 Å². The molecule has 3 rings (SSSR count). The van der Waals surface area contributed by atoms with Crippen LogP contribution >= 0.6 is 0 Å². The number of nitrogens with zero attached hydrogens (tertiary/aromatic N) is 2. The lowest BCUT2D eigenvalue weighted by Crippen LogP contribution is -2.19. The highest BCUT2D eigenvalue weighted by Crippen LogP contribution is 2.18. The van der Waals surface area contributed by atoms with Gasteiger partial charge in [0.05, 0.1) is 18.5 Å². The second kappa shape index (κ2) is 7.65. The molecule has 1 aromatic heterocycles. The molecule has 0 aliphatic rings. The minimum Gasteiger partial charge on any atom is -0.497 e. The number of hydrogen-bond acceptors (Lipinski definition) is 4. The molecule has 0 aliphatic carbocycles. The highest BCUT2D eigenvalue weighted by atomic mass is 16.5. The van der Waals surface area contributed by atoms with Crippen molar-refractivity contribution in [1.29, 1.82) is 0 Å². The van der Waals surface area contributed by atoms with Crippen LogP contribution in [0.1, 0.15) is 28.5 Å². The van der Waals surface area contributed by atoms with Crippen LogP contribution in [-0.2, 0) is 0 Å². The van der Waals surface area contributed by atoms with Gasteiger partial charge in [0, 0.05) is 5.56 Å². The molecule has 0 radical (unpaired) electrons. The number of H-pyrrole nitrogens is 1. The van der Waals surface area contributed by atoms with Crippen LogP contribution in [0.3, 0.4) is 0 Å². The molecule has 3 aromatic rings. The van der Waals surface area contributed by atoms with E-state index in [4.69, 9.17) is 4.74 Å². The number of hydrazone groups is 1. The Morgan fingerprint density at radius 2 is 1.81 bits per heavy atom. The Hall–Kier alpha value is -3.41. The molecular formula is C20H20N4O2. The summed E-state index contributed by atoms with van der Waals surface area (Å²) in [6, 6.07) is 17.1. The van der Waals surface area contributed by atoms with Crippen molar-refractivity contribution in [3.8, 4) is 17.0 Å². The van der Waals surface area contributed by atoms with E-state index in [9.17, 15) is 4.79 Å². The summed E-state index contributed by atoms with van der Waals surface area (Å²) in [5, 5.41) is 11.1. The van der Waals surface area contributed by atoms with Gasteiger partial charge in [-0.3, -0.25) is 9.89 Å². The maximum atomic E-state index is 12.3. The van der Waals surface area contributed by atoms with Crippen molar-refractivity contribution in [2.75, 3.05) is 7.11 Å². The van der Waals surface area contributed by atoms with Crippen molar-refractivity contribution in [3.63, 3.8) is 0 Å². The van der Waals surface area contributed by atoms with Crippen LogP contribution in [0, 0.1) is 6.92 Å². The molecule has 1 heterocycles. The molecule has 2 aromatic carbocycles. The smallest absolute Gasteiger partial charge is 0.289 e. The van der Waals surface area contributed by atoms with Crippen LogP contribution in [0.15, 0.2) is 59.7 Å². The van der Waals surface area contributed by atoms with Crippen LogP contribution < -0.4 is 10.2 Å². The molecule has 6 nitrogen and oxygen atoms in total. The molecule has 2 N–H and O–H groups in total. The first-order chi connectivity index (χ1) is 12.6. The second-order valence-electron chi connectivity index (χ2n) is 5.90. The fourth-order valence-corrected chi connectivity index (χ4v) is 2.40. The summed E-state index contributed by atoms with van der Waals surface area (Å²) in [5.41, 5.74) is 7.33. The van der Waals surface area contributed by atoms with Gasteiger partial charge in [0.15, 0.2) is 0 Å². The standard InChI is InChI=1S/C20H20N4O2/c1-13-4-6-16(7-5-13)18-12-19(23-22-18)20(25)24-21-14(2)15-8-10-17(26-3)11-9-15/h4-12H,1-3H3,(H,22,23)(H,24,25). The van der Waals surface area contributed by atoms with Gasteiger partial charge in [0.2, 0.25) is 0 Å². The van der Waals surface area contributed by atoms with Gasteiger partial charge in [-0.15, -0.1) is 0 Å². The number of benzene rings is 2. The van der Waals surface area contributed by atoms with E-state index in [2.05, 4.69) is 20.7 Å². The molecule has 0 aliphatic heterocycles. The zero-order chi connectivity index (χ0) is 18.5. The molecular weight excluding hydrogens is 328 g/mol. The fraction of sp³-hybridized carbons (Fsp3) is 0.150. The number of nitrogens with one attached hydrogen (secondary N) is 2. The van der Waals surface area contributed by atoms with Gasteiger partial charge >= 0.3 is 0 Å². The maximum Gasteiger partial charge on any atom is 0.289 e. The molecule has 0 saturated carbocycles. The Morgan fingerprint density at radius 3 is 2.46 bits per heavy atom. The zero-order valence-corrected chi connectivity index (χ0v) is 14.9. The second-order valence-corrected chi connectivity index (χ2v) is 5.90. The predicted octanol–water partition coefficient (Wildman–Crippen LogP) is 3.55. The lowest BCUT2D eigenvalue weighted by Gasteiger charge is -2.03. The number of aromatic amines is 1. The maximum absolute atomic E-state index is 12.3. The van der Waals surface area contributed by atoms with Gasteiger partial charge in [-0.25, -0.2) is 5.43 Å². The zero-order valence-electron chi connectivity index (χ0n) is 14.9. The number of methoxy groups -OCH3 is 1. The summed E-state index contributed by atoms with van der Waals surface area (Å²) in [7, 11) is 1.62. The number of carbonyl (C=O) groups is 1. The third-order valence-corrected chi connectivity index (χ3v) is 4.00. The average Bonchev–Trinajstić information content (AvgIpc) is 3.16. The number of aromatic nitrogens is 2. The molecule has 0 spiro atoms. The van der Waals surface area contributed by atoms with E-state index >= 15 is 0 Å². The summed E-state index contributed by atoms with van der Waals surface area (Å²) in [4.78, 5) is 12.3. The topological polar surface area (TPSA) is 79.4 Å². The lowest BCUT2D eigenvalue weighted by atomic mass is 10.1. The summed E-state index contributed by atoms with van der Waals surface area (Å²) in [5.74, 6) is 0.426. The summed E-state index contributed by atoms with van der Waals surface area (Å²) in [6.45, 7) is 3.85. The summed E-state index contributed by atoms with van der Waals surface area (Å²) < 4.78 is 5.13. The molecule has 0 bridgehead atoms. The Labute approximate surface area is 151 Å². The van der Waals surface area contributed by atoms with Gasteiger partial charge in [-0.1, -0.05) is 29.8 Å². The molecule has 0 unspecified atom stereocenters. The van der Waals surface area contributed by atoms with E-state index in [1.165, 1.54) is 5.56 Å². The molecule has 1 amide bonds. The van der Waals surface area contributed by atoms with E-state index in [1.807, 2.05) is 62.4 Å². The molecule has 0 atom stereocenters. The number of amides is 1. The molecule has 0 fully saturated rings. The highest BCUT2D eigenvalue weighted by Gasteiger charge is 2.10. The first-order valence-corrected chi connectivity index (χ1v) is 8.18. The van der Waals surface area contributed by atoms with E-state index in [-0.39, 0.29) is 5.91 Å². The minimum atomic E-state index is -0.344. The number of carbonyl (C=O) groups excluding carboxylic acids is 1. The largest absolute Gasteiger partial charge is 0.497 e. The van der Waals surface area contributed by atoms with Crippen molar-refractivity contribution in [2.45, 2.75) is 13.8 Å². The van der Waals surface area contributed by atoms with Crippen LogP contribution in [0.25, 0.3) is 11.3 Å². The van der Waals surface area contributed by atoms with Crippen LogP contribution in [-0.4, -0.2) is 28.9 Å². The number of hydrogen-bond donors (Lipinski definition) is 2. The third kappa shape index (κ3) is 3.97. The van der Waals surface area contributed by atoms with Gasteiger partial charge in [-0.05, 0) is 49.7 Å². The number of rotatable bonds is 5. The predicted molar refractivity (Wildman–Crippen MR) is 101 cm³/mol. The summed E-state index contributed by atoms with van der Waals surface area (Å²) >= 11 is 0. The van der Waals surface area contributed by atoms with Crippen LogP contribution in [0.5, 0.6) is 5.75 Å². The Kier molecular flexibility index (Phi) is 5.12. The molecule has 26 heavy (non-hydrogen) atoms. The molecule has 0 saturated heterocycles. The Balaban J connectivity index is 1.68. The molecule has 6 heteroatoms. The normalized spacial score (nSPS) is 11.3. The van der Waals surface area contributed by atoms with E-state index < -0.39 is 0 Å². The van der Waals surface area contributed by atoms with Crippen LogP contribution in [0.2, 0.25) is 0 Å². The van der Waals surface area contributed by atoms with Gasteiger partial charge in [0.25, 0.3) is 5.91 Å². The van der Waals surface area contributed by atoms with Crippen molar-refractivity contribution >= 4 is 11.6 Å². The van der Waals surface area contributed by atoms with Gasteiger partial charge in [0.1, 0.15) is 11.4 Å². The lowest BCUT2D eigenvalue weighted by molar-refractivity contribution is 0.0950. The third-order valence-electron chi connectivity index (χ3n) is 4.00. The Bertz CT molecular complexity index is 925. The number of ether oxygens (including phenoxy) is 1. The van der Waals surface area contributed by atoms with Crippen molar-refractivity contribution in [3.05, 3.63) is 71.4 Å². The quantitative estimate of drug-likeness (QED) is 0.547.